The second-order valence-electron chi connectivity index (χ2n) is 3.39. The summed E-state index contributed by atoms with van der Waals surface area (Å²) in [6.45, 7) is 4.58. The number of rotatable bonds is 7. The maximum atomic E-state index is 12.7. The second-order valence-corrected chi connectivity index (χ2v) is 3.39. The van der Waals surface area contributed by atoms with Crippen LogP contribution in [0.1, 0.15) is 6.92 Å². The molecule has 0 atom stereocenters. The molecule has 90 valence electrons. The van der Waals surface area contributed by atoms with Crippen LogP contribution in [0.25, 0.3) is 0 Å². The van der Waals surface area contributed by atoms with Crippen LogP contribution in [0, 0.1) is 5.82 Å². The number of aliphatic hydroxyl groups is 1. The van der Waals surface area contributed by atoms with E-state index in [9.17, 15) is 4.39 Å². The maximum Gasteiger partial charge on any atom is 0.123 e. The smallest absolute Gasteiger partial charge is 0.123 e. The summed E-state index contributed by atoms with van der Waals surface area (Å²) in [5, 5.41) is 8.56. The topological polar surface area (TPSA) is 32.7 Å². The number of benzene rings is 1. The molecule has 0 bridgehead atoms. The van der Waals surface area contributed by atoms with Crippen molar-refractivity contribution in [1.82, 2.24) is 0 Å². The van der Waals surface area contributed by atoms with Crippen LogP contribution >= 0.6 is 0 Å². The third-order valence-corrected chi connectivity index (χ3v) is 2.31. The number of hydrogen-bond acceptors (Lipinski definition) is 3. The summed E-state index contributed by atoms with van der Waals surface area (Å²) < 4.78 is 17.9. The van der Waals surface area contributed by atoms with Crippen LogP contribution in [0.5, 0.6) is 0 Å². The predicted molar refractivity (Wildman–Crippen MR) is 62.2 cm³/mol. The van der Waals surface area contributed by atoms with Crippen LogP contribution < -0.4 is 4.90 Å². The van der Waals surface area contributed by atoms with E-state index in [0.717, 1.165) is 18.8 Å². The highest BCUT2D eigenvalue weighted by molar-refractivity contribution is 5.45. The van der Waals surface area contributed by atoms with Gasteiger partial charge in [-0.2, -0.15) is 0 Å². The monoisotopic (exact) mass is 227 g/mol. The molecule has 0 saturated carbocycles. The number of hydrogen-bond donors (Lipinski definition) is 1. The molecule has 1 rings (SSSR count). The van der Waals surface area contributed by atoms with Gasteiger partial charge in [0, 0.05) is 18.8 Å². The average Bonchev–Trinajstić information content (AvgIpc) is 2.31. The molecule has 1 aromatic rings. The Morgan fingerprint density at radius 3 is 2.50 bits per heavy atom. The van der Waals surface area contributed by atoms with Gasteiger partial charge in [0.15, 0.2) is 0 Å². The van der Waals surface area contributed by atoms with Gasteiger partial charge in [0.1, 0.15) is 5.82 Å². The van der Waals surface area contributed by atoms with E-state index in [1.54, 1.807) is 12.1 Å². The zero-order valence-corrected chi connectivity index (χ0v) is 9.53. The number of aliphatic hydroxyl groups excluding tert-OH is 1. The molecular weight excluding hydrogens is 209 g/mol. The molecule has 16 heavy (non-hydrogen) atoms. The Kier molecular flexibility index (Phi) is 5.82. The molecule has 0 unspecified atom stereocenters. The van der Waals surface area contributed by atoms with Crippen molar-refractivity contribution in [2.45, 2.75) is 6.92 Å². The molecule has 4 heteroatoms. The molecule has 0 aliphatic carbocycles. The molecule has 1 aromatic carbocycles. The van der Waals surface area contributed by atoms with E-state index in [-0.39, 0.29) is 12.4 Å². The summed E-state index contributed by atoms with van der Waals surface area (Å²) in [7, 11) is 0. The lowest BCUT2D eigenvalue weighted by molar-refractivity contribution is 0.0967. The van der Waals surface area contributed by atoms with Gasteiger partial charge in [0.25, 0.3) is 0 Å². The summed E-state index contributed by atoms with van der Waals surface area (Å²) in [6.07, 6.45) is 0. The van der Waals surface area contributed by atoms with Gasteiger partial charge in [-0.05, 0) is 31.2 Å². The van der Waals surface area contributed by atoms with E-state index >= 15 is 0 Å². The van der Waals surface area contributed by atoms with Gasteiger partial charge in [0.2, 0.25) is 0 Å². The third-order valence-electron chi connectivity index (χ3n) is 2.31. The van der Waals surface area contributed by atoms with E-state index in [0.29, 0.717) is 13.2 Å². The Hall–Kier alpha value is -1.13. The Morgan fingerprint density at radius 1 is 1.25 bits per heavy atom. The lowest BCUT2D eigenvalue weighted by Gasteiger charge is -2.22. The van der Waals surface area contributed by atoms with E-state index in [2.05, 4.69) is 4.90 Å². The fourth-order valence-corrected chi connectivity index (χ4v) is 1.46. The lowest BCUT2D eigenvalue weighted by Crippen LogP contribution is -2.27. The van der Waals surface area contributed by atoms with Crippen molar-refractivity contribution >= 4 is 5.69 Å². The molecule has 0 aliphatic heterocycles. The highest BCUT2D eigenvalue weighted by atomic mass is 19.1. The highest BCUT2D eigenvalue weighted by Gasteiger charge is 2.03. The maximum absolute atomic E-state index is 12.7. The summed E-state index contributed by atoms with van der Waals surface area (Å²) in [5.74, 6) is -0.226. The molecule has 0 saturated heterocycles. The minimum absolute atomic E-state index is 0.0443. The van der Waals surface area contributed by atoms with Gasteiger partial charge in [-0.25, -0.2) is 4.39 Å². The van der Waals surface area contributed by atoms with E-state index in [1.807, 2.05) is 6.92 Å². The molecule has 0 fully saturated rings. The standard InChI is InChI=1S/C12H18FNO2/c1-2-14(7-9-16-10-8-15)12-5-3-11(13)4-6-12/h3-6,15H,2,7-10H2,1H3. The van der Waals surface area contributed by atoms with Crippen molar-refractivity contribution < 1.29 is 14.2 Å². The summed E-state index contributed by atoms with van der Waals surface area (Å²) in [4.78, 5) is 2.09. The van der Waals surface area contributed by atoms with Crippen molar-refractivity contribution in [3.63, 3.8) is 0 Å². The highest BCUT2D eigenvalue weighted by Crippen LogP contribution is 2.13. The Morgan fingerprint density at radius 2 is 1.94 bits per heavy atom. The number of anilines is 1. The number of nitrogens with zero attached hydrogens (tertiary/aromatic N) is 1. The largest absolute Gasteiger partial charge is 0.394 e. The third kappa shape index (κ3) is 4.16. The van der Waals surface area contributed by atoms with E-state index in [1.165, 1.54) is 12.1 Å². The van der Waals surface area contributed by atoms with Gasteiger partial charge in [-0.3, -0.25) is 0 Å². The molecule has 1 N–H and O–H groups in total. The lowest BCUT2D eigenvalue weighted by atomic mass is 10.3. The Balaban J connectivity index is 2.44. The van der Waals surface area contributed by atoms with Crippen molar-refractivity contribution in [3.8, 4) is 0 Å². The van der Waals surface area contributed by atoms with Crippen LogP contribution in [0.3, 0.4) is 0 Å². The first-order chi connectivity index (χ1) is 7.77. The molecule has 0 amide bonds. The Labute approximate surface area is 95.5 Å². The fraction of sp³-hybridized carbons (Fsp3) is 0.500. The van der Waals surface area contributed by atoms with E-state index < -0.39 is 0 Å². The van der Waals surface area contributed by atoms with Crippen LogP contribution in [0.4, 0.5) is 10.1 Å². The van der Waals surface area contributed by atoms with Crippen LogP contribution in [0.15, 0.2) is 24.3 Å². The first kappa shape index (κ1) is 12.9. The molecule has 0 spiro atoms. The Bertz CT molecular complexity index is 290. The summed E-state index contributed by atoms with van der Waals surface area (Å²) in [5.41, 5.74) is 0.983. The van der Waals surface area contributed by atoms with Gasteiger partial charge in [0.05, 0.1) is 19.8 Å². The van der Waals surface area contributed by atoms with Crippen molar-refractivity contribution in [2.24, 2.45) is 0 Å². The number of likely N-dealkylation sites (N-methyl/N-ethyl adjacent to an activating group) is 1. The SMILES string of the molecule is CCN(CCOCCO)c1ccc(F)cc1. The predicted octanol–water partition coefficient (Wildman–Crippen LogP) is 1.66. The fourth-order valence-electron chi connectivity index (χ4n) is 1.46. The molecule has 0 radical (unpaired) electrons. The number of halogens is 1. The van der Waals surface area contributed by atoms with Crippen molar-refractivity contribution in [3.05, 3.63) is 30.1 Å². The molecular formula is C12H18FNO2. The molecule has 3 nitrogen and oxygen atoms in total. The van der Waals surface area contributed by atoms with Crippen LogP contribution in [-0.4, -0.2) is 38.0 Å². The molecule has 0 aliphatic rings. The van der Waals surface area contributed by atoms with Crippen molar-refractivity contribution in [1.29, 1.82) is 0 Å². The van der Waals surface area contributed by atoms with Gasteiger partial charge < -0.3 is 14.7 Å². The van der Waals surface area contributed by atoms with Crippen molar-refractivity contribution in [2.75, 3.05) is 37.8 Å². The summed E-state index contributed by atoms with van der Waals surface area (Å²) >= 11 is 0. The first-order valence-electron chi connectivity index (χ1n) is 5.47. The zero-order valence-electron chi connectivity index (χ0n) is 9.53. The minimum Gasteiger partial charge on any atom is -0.394 e. The van der Waals surface area contributed by atoms with Gasteiger partial charge >= 0.3 is 0 Å². The quantitative estimate of drug-likeness (QED) is 0.719. The van der Waals surface area contributed by atoms with E-state index in [4.69, 9.17) is 9.84 Å². The molecule has 0 heterocycles. The molecule has 0 aromatic heterocycles. The minimum atomic E-state index is -0.226. The van der Waals surface area contributed by atoms with Crippen LogP contribution in [-0.2, 0) is 4.74 Å². The first-order valence-corrected chi connectivity index (χ1v) is 5.47. The van der Waals surface area contributed by atoms with Crippen LogP contribution in [0.2, 0.25) is 0 Å². The van der Waals surface area contributed by atoms with Gasteiger partial charge in [-0.1, -0.05) is 0 Å². The zero-order chi connectivity index (χ0) is 11.8. The number of ether oxygens (including phenoxy) is 1. The summed E-state index contributed by atoms with van der Waals surface area (Å²) in [6, 6.07) is 6.41. The van der Waals surface area contributed by atoms with Gasteiger partial charge in [-0.15, -0.1) is 0 Å². The normalized spacial score (nSPS) is 10.4. The second kappa shape index (κ2) is 7.19. The average molecular weight is 227 g/mol.